The van der Waals surface area contributed by atoms with Crippen molar-refractivity contribution in [2.45, 2.75) is 13.2 Å². The van der Waals surface area contributed by atoms with E-state index in [2.05, 4.69) is 0 Å². The molecule has 102 valence electrons. The summed E-state index contributed by atoms with van der Waals surface area (Å²) in [5.41, 5.74) is 7.15. The lowest BCUT2D eigenvalue weighted by molar-refractivity contribution is 0.103. The van der Waals surface area contributed by atoms with E-state index < -0.39 is 17.4 Å². The molecular formula is C15H11F2NO2. The number of rotatable bonds is 2. The van der Waals surface area contributed by atoms with Crippen LogP contribution in [0.2, 0.25) is 0 Å². The number of carbonyl (C=O) groups excluding carboxylic acids is 1. The van der Waals surface area contributed by atoms with E-state index in [9.17, 15) is 13.6 Å². The minimum atomic E-state index is -0.918. The van der Waals surface area contributed by atoms with E-state index in [1.54, 1.807) is 18.2 Å². The lowest BCUT2D eigenvalue weighted by atomic mass is 9.98. The maximum Gasteiger partial charge on any atom is 0.196 e. The summed E-state index contributed by atoms with van der Waals surface area (Å²) in [6.07, 6.45) is 0. The number of nitrogens with two attached hydrogens (primary N) is 1. The van der Waals surface area contributed by atoms with Crippen LogP contribution in [-0.4, -0.2) is 5.78 Å². The van der Waals surface area contributed by atoms with Crippen molar-refractivity contribution in [3.8, 4) is 0 Å². The van der Waals surface area contributed by atoms with Gasteiger partial charge in [-0.2, -0.15) is 0 Å². The van der Waals surface area contributed by atoms with Gasteiger partial charge in [-0.15, -0.1) is 0 Å². The van der Waals surface area contributed by atoms with Crippen molar-refractivity contribution in [2.24, 2.45) is 0 Å². The summed E-state index contributed by atoms with van der Waals surface area (Å²) in [6.45, 7) is 0.951. The van der Waals surface area contributed by atoms with Crippen LogP contribution < -0.4 is 5.73 Å². The van der Waals surface area contributed by atoms with Crippen molar-refractivity contribution in [3.63, 3.8) is 0 Å². The number of ether oxygens (including phenoxy) is 1. The Balaban J connectivity index is 2.03. The molecule has 0 bridgehead atoms. The van der Waals surface area contributed by atoms with Gasteiger partial charge in [-0.25, -0.2) is 8.78 Å². The lowest BCUT2D eigenvalue weighted by Gasteiger charge is -2.06. The zero-order valence-electron chi connectivity index (χ0n) is 10.5. The molecule has 20 heavy (non-hydrogen) atoms. The Morgan fingerprint density at radius 2 is 1.80 bits per heavy atom. The van der Waals surface area contributed by atoms with E-state index in [1.807, 2.05) is 0 Å². The highest BCUT2D eigenvalue weighted by Gasteiger charge is 2.19. The minimum absolute atomic E-state index is 0.234. The summed E-state index contributed by atoms with van der Waals surface area (Å²) in [5, 5.41) is 0. The van der Waals surface area contributed by atoms with Gasteiger partial charge in [0.05, 0.1) is 24.5 Å². The monoisotopic (exact) mass is 275 g/mol. The van der Waals surface area contributed by atoms with E-state index in [-0.39, 0.29) is 11.3 Å². The Morgan fingerprint density at radius 3 is 2.60 bits per heavy atom. The third-order valence-corrected chi connectivity index (χ3v) is 3.31. The number of hydrogen-bond acceptors (Lipinski definition) is 3. The predicted octanol–water partition coefficient (Wildman–Crippen LogP) is 2.81. The molecule has 0 spiro atoms. The average Bonchev–Trinajstić information content (AvgIpc) is 2.89. The Hall–Kier alpha value is -2.27. The fraction of sp³-hybridized carbons (Fsp3) is 0.133. The molecule has 0 saturated carbocycles. The molecule has 0 radical (unpaired) electrons. The number of hydrogen-bond donors (Lipinski definition) is 1. The van der Waals surface area contributed by atoms with Gasteiger partial charge in [0.15, 0.2) is 5.78 Å². The molecule has 5 heteroatoms. The Morgan fingerprint density at radius 1 is 1.05 bits per heavy atom. The second kappa shape index (κ2) is 4.68. The van der Waals surface area contributed by atoms with Crippen molar-refractivity contribution in [3.05, 3.63) is 64.2 Å². The highest BCUT2D eigenvalue weighted by Crippen LogP contribution is 2.24. The van der Waals surface area contributed by atoms with Crippen molar-refractivity contribution < 1.29 is 18.3 Å². The molecule has 1 aliphatic rings. The first-order chi connectivity index (χ1) is 9.56. The van der Waals surface area contributed by atoms with Crippen LogP contribution in [0.4, 0.5) is 14.5 Å². The summed E-state index contributed by atoms with van der Waals surface area (Å²) in [6, 6.07) is 6.70. The van der Waals surface area contributed by atoms with Crippen LogP contribution in [0, 0.1) is 11.6 Å². The average molecular weight is 275 g/mol. The van der Waals surface area contributed by atoms with Crippen LogP contribution in [0.15, 0.2) is 30.3 Å². The highest BCUT2D eigenvalue weighted by atomic mass is 19.1. The van der Waals surface area contributed by atoms with Crippen LogP contribution in [0.3, 0.4) is 0 Å². The van der Waals surface area contributed by atoms with Crippen molar-refractivity contribution in [1.82, 2.24) is 0 Å². The van der Waals surface area contributed by atoms with Gasteiger partial charge in [-0.05, 0) is 23.3 Å². The van der Waals surface area contributed by atoms with E-state index in [0.717, 1.165) is 17.2 Å². The molecule has 3 rings (SSSR count). The molecule has 0 atom stereocenters. The summed E-state index contributed by atoms with van der Waals surface area (Å²) < 4.78 is 32.1. The summed E-state index contributed by atoms with van der Waals surface area (Å²) >= 11 is 0. The molecule has 3 nitrogen and oxygen atoms in total. The first kappa shape index (κ1) is 12.7. The quantitative estimate of drug-likeness (QED) is 0.677. The number of halogens is 2. The molecule has 2 aromatic carbocycles. The molecule has 0 saturated heterocycles. The third-order valence-electron chi connectivity index (χ3n) is 3.31. The molecule has 0 aromatic heterocycles. The fourth-order valence-electron chi connectivity index (χ4n) is 2.21. The smallest absolute Gasteiger partial charge is 0.196 e. The minimum Gasteiger partial charge on any atom is -0.396 e. The number of fused-ring (bicyclic) bond motifs is 1. The van der Waals surface area contributed by atoms with Gasteiger partial charge in [-0.3, -0.25) is 4.79 Å². The van der Waals surface area contributed by atoms with Gasteiger partial charge >= 0.3 is 0 Å². The van der Waals surface area contributed by atoms with Gasteiger partial charge in [0, 0.05) is 11.6 Å². The summed E-state index contributed by atoms with van der Waals surface area (Å²) in [7, 11) is 0. The van der Waals surface area contributed by atoms with Crippen LogP contribution in [0.25, 0.3) is 0 Å². The van der Waals surface area contributed by atoms with Crippen LogP contribution >= 0.6 is 0 Å². The second-order valence-electron chi connectivity index (χ2n) is 4.66. The van der Waals surface area contributed by atoms with E-state index in [4.69, 9.17) is 10.5 Å². The SMILES string of the molecule is Nc1cc(C(=O)c2ccc3c(c2)COC3)c(F)cc1F. The van der Waals surface area contributed by atoms with E-state index in [1.165, 1.54) is 0 Å². The lowest BCUT2D eigenvalue weighted by Crippen LogP contribution is -2.07. The Kier molecular flexibility index (Phi) is 2.99. The fourth-order valence-corrected chi connectivity index (χ4v) is 2.21. The van der Waals surface area contributed by atoms with Crippen LogP contribution in [-0.2, 0) is 18.0 Å². The number of benzene rings is 2. The van der Waals surface area contributed by atoms with Crippen LogP contribution in [0.1, 0.15) is 27.0 Å². The molecule has 0 unspecified atom stereocenters. The van der Waals surface area contributed by atoms with Crippen LogP contribution in [0.5, 0.6) is 0 Å². The van der Waals surface area contributed by atoms with Gasteiger partial charge in [0.2, 0.25) is 0 Å². The third kappa shape index (κ3) is 2.06. The normalized spacial score (nSPS) is 13.3. The zero-order chi connectivity index (χ0) is 14.3. The van der Waals surface area contributed by atoms with E-state index >= 15 is 0 Å². The molecular weight excluding hydrogens is 264 g/mol. The van der Waals surface area contributed by atoms with Gasteiger partial charge in [0.25, 0.3) is 0 Å². The van der Waals surface area contributed by atoms with Gasteiger partial charge < -0.3 is 10.5 Å². The molecule has 2 N–H and O–H groups in total. The summed E-state index contributed by atoms with van der Waals surface area (Å²) in [4.78, 5) is 12.3. The molecule has 0 amide bonds. The highest BCUT2D eigenvalue weighted by molar-refractivity contribution is 6.09. The maximum absolute atomic E-state index is 13.7. The molecule has 2 aromatic rings. The predicted molar refractivity (Wildman–Crippen MR) is 69.1 cm³/mol. The van der Waals surface area contributed by atoms with Crippen molar-refractivity contribution in [2.75, 3.05) is 5.73 Å². The number of carbonyl (C=O) groups is 1. The van der Waals surface area contributed by atoms with Gasteiger partial charge in [-0.1, -0.05) is 12.1 Å². The van der Waals surface area contributed by atoms with Crippen molar-refractivity contribution >= 4 is 11.5 Å². The molecule has 1 heterocycles. The maximum atomic E-state index is 13.7. The largest absolute Gasteiger partial charge is 0.396 e. The Labute approximate surface area is 114 Å². The first-order valence-corrected chi connectivity index (χ1v) is 6.05. The summed E-state index contributed by atoms with van der Waals surface area (Å²) in [5.74, 6) is -2.32. The Bertz CT molecular complexity index is 713. The zero-order valence-corrected chi connectivity index (χ0v) is 10.5. The second-order valence-corrected chi connectivity index (χ2v) is 4.66. The standard InChI is InChI=1S/C15H11F2NO2/c16-12-5-13(17)14(18)4-11(12)15(19)8-1-2-9-6-20-7-10(9)3-8/h1-5H,6-7,18H2. The first-order valence-electron chi connectivity index (χ1n) is 6.05. The number of anilines is 1. The van der Waals surface area contributed by atoms with E-state index in [0.29, 0.717) is 24.8 Å². The van der Waals surface area contributed by atoms with Crippen molar-refractivity contribution in [1.29, 1.82) is 0 Å². The molecule has 0 fully saturated rings. The number of ketones is 1. The topological polar surface area (TPSA) is 52.3 Å². The number of nitrogen functional groups attached to an aromatic ring is 1. The van der Waals surface area contributed by atoms with Gasteiger partial charge in [0.1, 0.15) is 11.6 Å². The molecule has 0 aliphatic carbocycles. The molecule has 1 aliphatic heterocycles.